The molecular weight excluding hydrogens is 379 g/mol. The van der Waals surface area contributed by atoms with Crippen molar-refractivity contribution in [3.63, 3.8) is 0 Å². The fourth-order valence-corrected chi connectivity index (χ4v) is 1.53. The van der Waals surface area contributed by atoms with Gasteiger partial charge in [0, 0.05) is 18.7 Å². The topological polar surface area (TPSA) is 62.5 Å². The van der Waals surface area contributed by atoms with Gasteiger partial charge in [0.1, 0.15) is 6.54 Å². The Balaban J connectivity index is 0.00000400. The second kappa shape index (κ2) is 10.0. The Hall–Kier alpha value is -0.790. The maximum atomic E-state index is 5.29. The molecule has 0 saturated carbocycles. The summed E-state index contributed by atoms with van der Waals surface area (Å²) in [4.78, 5) is 4.54. The SMILES string of the molecule is CCNC(=NCc1cc(C(C)C)no1)NC(C)C(C)C.I. The Kier molecular flexibility index (Phi) is 9.65. The van der Waals surface area contributed by atoms with Gasteiger partial charge in [-0.3, -0.25) is 0 Å². The predicted octanol–water partition coefficient (Wildman–Crippen LogP) is 3.52. The van der Waals surface area contributed by atoms with Crippen LogP contribution in [-0.2, 0) is 6.54 Å². The average Bonchev–Trinajstić information content (AvgIpc) is 2.85. The molecule has 0 amide bonds. The van der Waals surface area contributed by atoms with Gasteiger partial charge in [0.15, 0.2) is 11.7 Å². The van der Waals surface area contributed by atoms with Gasteiger partial charge in [-0.15, -0.1) is 24.0 Å². The molecule has 6 heteroatoms. The van der Waals surface area contributed by atoms with Crippen molar-refractivity contribution in [1.29, 1.82) is 0 Å². The molecule has 0 aliphatic carbocycles. The van der Waals surface area contributed by atoms with E-state index in [2.05, 4.69) is 62.3 Å². The number of guanidine groups is 1. The van der Waals surface area contributed by atoms with E-state index in [0.29, 0.717) is 24.4 Å². The molecule has 1 atom stereocenters. The average molecular weight is 408 g/mol. The minimum atomic E-state index is 0. The maximum Gasteiger partial charge on any atom is 0.191 e. The van der Waals surface area contributed by atoms with Gasteiger partial charge < -0.3 is 15.2 Å². The first-order valence-corrected chi connectivity index (χ1v) is 7.44. The van der Waals surface area contributed by atoms with Crippen LogP contribution >= 0.6 is 24.0 Å². The summed E-state index contributed by atoms with van der Waals surface area (Å²) in [5.74, 6) is 2.54. The lowest BCUT2D eigenvalue weighted by molar-refractivity contribution is 0.376. The van der Waals surface area contributed by atoms with E-state index in [9.17, 15) is 0 Å². The van der Waals surface area contributed by atoms with Crippen LogP contribution in [0.5, 0.6) is 0 Å². The van der Waals surface area contributed by atoms with Gasteiger partial charge in [-0.05, 0) is 25.7 Å². The molecule has 1 aromatic rings. The van der Waals surface area contributed by atoms with E-state index < -0.39 is 0 Å². The molecule has 0 radical (unpaired) electrons. The summed E-state index contributed by atoms with van der Waals surface area (Å²) in [5, 5.41) is 10.7. The van der Waals surface area contributed by atoms with Crippen LogP contribution in [0.25, 0.3) is 0 Å². The quantitative estimate of drug-likeness (QED) is 0.430. The third kappa shape index (κ3) is 7.15. The zero-order valence-corrected chi connectivity index (χ0v) is 16.3. The zero-order valence-electron chi connectivity index (χ0n) is 13.9. The molecule has 0 bridgehead atoms. The first-order chi connectivity index (χ1) is 9.43. The van der Waals surface area contributed by atoms with Crippen molar-refractivity contribution in [3.05, 3.63) is 17.5 Å². The fraction of sp³-hybridized carbons (Fsp3) is 0.733. The Bertz CT molecular complexity index is 429. The van der Waals surface area contributed by atoms with Gasteiger partial charge in [0.05, 0.1) is 5.69 Å². The monoisotopic (exact) mass is 408 g/mol. The normalized spacial score (nSPS) is 13.2. The second-order valence-electron chi connectivity index (χ2n) is 5.74. The smallest absolute Gasteiger partial charge is 0.191 e. The van der Waals surface area contributed by atoms with Gasteiger partial charge in [-0.1, -0.05) is 32.9 Å². The van der Waals surface area contributed by atoms with E-state index in [4.69, 9.17) is 4.52 Å². The summed E-state index contributed by atoms with van der Waals surface area (Å²) in [6, 6.07) is 2.35. The van der Waals surface area contributed by atoms with Gasteiger partial charge in [0.25, 0.3) is 0 Å². The lowest BCUT2D eigenvalue weighted by Gasteiger charge is -2.20. The van der Waals surface area contributed by atoms with Crippen LogP contribution in [0, 0.1) is 5.92 Å². The third-order valence-corrected chi connectivity index (χ3v) is 3.27. The lowest BCUT2D eigenvalue weighted by Crippen LogP contribution is -2.44. The minimum Gasteiger partial charge on any atom is -0.359 e. The highest BCUT2D eigenvalue weighted by atomic mass is 127. The van der Waals surface area contributed by atoms with E-state index in [1.165, 1.54) is 0 Å². The molecule has 1 rings (SSSR count). The number of nitrogens with one attached hydrogen (secondary N) is 2. The van der Waals surface area contributed by atoms with Gasteiger partial charge in [0.2, 0.25) is 0 Å². The molecule has 21 heavy (non-hydrogen) atoms. The largest absolute Gasteiger partial charge is 0.359 e. The van der Waals surface area contributed by atoms with Crippen molar-refractivity contribution in [2.24, 2.45) is 10.9 Å². The van der Waals surface area contributed by atoms with Gasteiger partial charge in [-0.25, -0.2) is 4.99 Å². The minimum absolute atomic E-state index is 0. The van der Waals surface area contributed by atoms with Crippen LogP contribution < -0.4 is 10.6 Å². The molecule has 122 valence electrons. The molecule has 1 unspecified atom stereocenters. The highest BCUT2D eigenvalue weighted by molar-refractivity contribution is 14.0. The third-order valence-electron chi connectivity index (χ3n) is 3.27. The van der Waals surface area contributed by atoms with Gasteiger partial charge >= 0.3 is 0 Å². The summed E-state index contributed by atoms with van der Waals surface area (Å²) in [6.07, 6.45) is 0. The van der Waals surface area contributed by atoms with E-state index in [0.717, 1.165) is 24.0 Å². The summed E-state index contributed by atoms with van der Waals surface area (Å²) in [5.41, 5.74) is 0.976. The van der Waals surface area contributed by atoms with Crippen LogP contribution in [0.15, 0.2) is 15.6 Å². The van der Waals surface area contributed by atoms with Crippen LogP contribution in [0.4, 0.5) is 0 Å². The molecular formula is C15H29IN4O. The van der Waals surface area contributed by atoms with Crippen LogP contribution in [0.2, 0.25) is 0 Å². The molecule has 1 aromatic heterocycles. The van der Waals surface area contributed by atoms with E-state index in [1.54, 1.807) is 0 Å². The van der Waals surface area contributed by atoms with Crippen molar-refractivity contribution < 1.29 is 4.52 Å². The Labute approximate surface area is 145 Å². The molecule has 0 saturated heterocycles. The number of nitrogens with zero attached hydrogens (tertiary/aromatic N) is 2. The standard InChI is InChI=1S/C15H28N4O.HI/c1-7-16-15(18-12(6)10(2)3)17-9-13-8-14(11(4)5)19-20-13;/h8,10-12H,7,9H2,1-6H3,(H2,16,17,18);1H. The van der Waals surface area contributed by atoms with E-state index in [-0.39, 0.29) is 24.0 Å². The summed E-state index contributed by atoms with van der Waals surface area (Å²) in [6.45, 7) is 14.1. The zero-order chi connectivity index (χ0) is 15.1. The summed E-state index contributed by atoms with van der Waals surface area (Å²) < 4.78 is 5.29. The first-order valence-electron chi connectivity index (χ1n) is 7.44. The number of aliphatic imine (C=N–C) groups is 1. The van der Waals surface area contributed by atoms with Crippen molar-refractivity contribution in [1.82, 2.24) is 15.8 Å². The molecule has 0 aliphatic rings. The van der Waals surface area contributed by atoms with Crippen LogP contribution in [-0.4, -0.2) is 23.7 Å². The number of halogens is 1. The Morgan fingerprint density at radius 1 is 1.29 bits per heavy atom. The molecule has 1 heterocycles. The second-order valence-corrected chi connectivity index (χ2v) is 5.74. The Morgan fingerprint density at radius 2 is 1.95 bits per heavy atom. The van der Waals surface area contributed by atoms with E-state index in [1.807, 2.05) is 6.07 Å². The predicted molar refractivity (Wildman–Crippen MR) is 98.3 cm³/mol. The number of hydrogen-bond acceptors (Lipinski definition) is 3. The first kappa shape index (κ1) is 20.2. The van der Waals surface area contributed by atoms with Crippen molar-refractivity contribution in [2.75, 3.05) is 6.54 Å². The summed E-state index contributed by atoms with van der Waals surface area (Å²) in [7, 11) is 0. The number of aromatic nitrogens is 1. The molecule has 2 N–H and O–H groups in total. The molecule has 0 spiro atoms. The highest BCUT2D eigenvalue weighted by Crippen LogP contribution is 2.14. The fourth-order valence-electron chi connectivity index (χ4n) is 1.53. The van der Waals surface area contributed by atoms with Crippen molar-refractivity contribution in [2.45, 2.75) is 60.0 Å². The number of hydrogen-bond donors (Lipinski definition) is 2. The Morgan fingerprint density at radius 3 is 2.43 bits per heavy atom. The van der Waals surface area contributed by atoms with Crippen molar-refractivity contribution >= 4 is 29.9 Å². The van der Waals surface area contributed by atoms with E-state index >= 15 is 0 Å². The number of rotatable bonds is 6. The van der Waals surface area contributed by atoms with Gasteiger partial charge in [-0.2, -0.15) is 0 Å². The molecule has 5 nitrogen and oxygen atoms in total. The molecule has 0 aliphatic heterocycles. The van der Waals surface area contributed by atoms with Crippen molar-refractivity contribution in [3.8, 4) is 0 Å². The highest BCUT2D eigenvalue weighted by Gasteiger charge is 2.10. The molecule has 0 fully saturated rings. The maximum absolute atomic E-state index is 5.29. The lowest BCUT2D eigenvalue weighted by atomic mass is 10.1. The van der Waals surface area contributed by atoms with Crippen LogP contribution in [0.3, 0.4) is 0 Å². The van der Waals surface area contributed by atoms with Crippen LogP contribution in [0.1, 0.15) is 58.9 Å². The summed E-state index contributed by atoms with van der Waals surface area (Å²) >= 11 is 0. The molecule has 0 aromatic carbocycles.